The number of nitrogens with one attached hydrogen (secondary N) is 1. The van der Waals surface area contributed by atoms with E-state index in [2.05, 4.69) is 10.3 Å². The van der Waals surface area contributed by atoms with E-state index in [4.69, 9.17) is 5.73 Å². The molecule has 0 aliphatic heterocycles. The molecule has 0 atom stereocenters. The summed E-state index contributed by atoms with van der Waals surface area (Å²) in [6, 6.07) is 3.27. The number of hydrogen-bond acceptors (Lipinski definition) is 3. The molecule has 1 aromatic heterocycles. The summed E-state index contributed by atoms with van der Waals surface area (Å²) in [5.74, 6) is -2.50. The SMILES string of the molecule is Cc1cncc(NC(=O)c2cc(F)cc(N)c2F)c1. The van der Waals surface area contributed by atoms with Gasteiger partial charge in [0.2, 0.25) is 0 Å². The molecule has 0 radical (unpaired) electrons. The third kappa shape index (κ3) is 2.85. The number of nitrogens with zero attached hydrogens (tertiary/aromatic N) is 1. The molecule has 4 nitrogen and oxygen atoms in total. The van der Waals surface area contributed by atoms with Gasteiger partial charge in [0.25, 0.3) is 5.91 Å². The minimum Gasteiger partial charge on any atom is -0.396 e. The maximum absolute atomic E-state index is 13.6. The highest BCUT2D eigenvalue weighted by molar-refractivity contribution is 6.05. The van der Waals surface area contributed by atoms with Gasteiger partial charge in [0.1, 0.15) is 5.82 Å². The summed E-state index contributed by atoms with van der Waals surface area (Å²) in [6.07, 6.45) is 3.02. The molecular formula is C13H11F2N3O. The van der Waals surface area contributed by atoms with E-state index in [1.165, 1.54) is 6.20 Å². The van der Waals surface area contributed by atoms with Crippen LogP contribution in [0.4, 0.5) is 20.2 Å². The number of pyridine rings is 1. The highest BCUT2D eigenvalue weighted by atomic mass is 19.1. The Morgan fingerprint density at radius 3 is 2.68 bits per heavy atom. The summed E-state index contributed by atoms with van der Waals surface area (Å²) in [4.78, 5) is 15.7. The molecule has 0 fully saturated rings. The molecular weight excluding hydrogens is 252 g/mol. The van der Waals surface area contributed by atoms with Crippen LogP contribution in [0.2, 0.25) is 0 Å². The van der Waals surface area contributed by atoms with E-state index in [1.807, 2.05) is 0 Å². The Bertz CT molecular complexity index is 644. The van der Waals surface area contributed by atoms with Crippen LogP contribution in [0.25, 0.3) is 0 Å². The van der Waals surface area contributed by atoms with Gasteiger partial charge in [-0.1, -0.05) is 0 Å². The van der Waals surface area contributed by atoms with Gasteiger partial charge in [-0.25, -0.2) is 8.78 Å². The van der Waals surface area contributed by atoms with Crippen LogP contribution >= 0.6 is 0 Å². The Kier molecular flexibility index (Phi) is 3.41. The Hall–Kier alpha value is -2.50. The number of amides is 1. The third-order valence-electron chi connectivity index (χ3n) is 2.44. The van der Waals surface area contributed by atoms with Gasteiger partial charge < -0.3 is 11.1 Å². The highest BCUT2D eigenvalue weighted by Gasteiger charge is 2.16. The van der Waals surface area contributed by atoms with Crippen molar-refractivity contribution in [2.24, 2.45) is 0 Å². The summed E-state index contributed by atoms with van der Waals surface area (Å²) in [7, 11) is 0. The van der Waals surface area contributed by atoms with Crippen LogP contribution in [-0.2, 0) is 0 Å². The molecule has 0 unspecified atom stereocenters. The molecule has 0 saturated heterocycles. The van der Waals surface area contributed by atoms with E-state index in [1.54, 1.807) is 19.2 Å². The van der Waals surface area contributed by atoms with Crippen LogP contribution in [0.15, 0.2) is 30.6 Å². The Labute approximate surface area is 108 Å². The highest BCUT2D eigenvalue weighted by Crippen LogP contribution is 2.19. The second-order valence-electron chi connectivity index (χ2n) is 4.06. The van der Waals surface area contributed by atoms with Crippen molar-refractivity contribution in [3.8, 4) is 0 Å². The van der Waals surface area contributed by atoms with Crippen molar-refractivity contribution in [3.05, 3.63) is 53.4 Å². The van der Waals surface area contributed by atoms with Gasteiger partial charge in [0, 0.05) is 6.20 Å². The molecule has 98 valence electrons. The molecule has 0 saturated carbocycles. The molecule has 0 bridgehead atoms. The van der Waals surface area contributed by atoms with Gasteiger partial charge in [-0.15, -0.1) is 0 Å². The zero-order chi connectivity index (χ0) is 14.0. The topological polar surface area (TPSA) is 68.0 Å². The molecule has 1 amide bonds. The lowest BCUT2D eigenvalue weighted by Crippen LogP contribution is -2.15. The number of anilines is 2. The van der Waals surface area contributed by atoms with Crippen molar-refractivity contribution in [2.45, 2.75) is 6.92 Å². The first-order valence-electron chi connectivity index (χ1n) is 5.45. The van der Waals surface area contributed by atoms with Gasteiger partial charge in [-0.05, 0) is 30.7 Å². The largest absolute Gasteiger partial charge is 0.396 e. The van der Waals surface area contributed by atoms with Gasteiger partial charge in [-0.3, -0.25) is 9.78 Å². The number of hydrogen-bond donors (Lipinski definition) is 2. The minimum atomic E-state index is -0.945. The predicted octanol–water partition coefficient (Wildman–Crippen LogP) is 2.50. The predicted molar refractivity (Wildman–Crippen MR) is 67.7 cm³/mol. The molecule has 0 aliphatic rings. The van der Waals surface area contributed by atoms with E-state index in [0.29, 0.717) is 5.69 Å². The fourth-order valence-electron chi connectivity index (χ4n) is 1.60. The average Bonchev–Trinajstić information content (AvgIpc) is 2.33. The van der Waals surface area contributed by atoms with Crippen molar-refractivity contribution < 1.29 is 13.6 Å². The summed E-state index contributed by atoms with van der Waals surface area (Å²) >= 11 is 0. The first kappa shape index (κ1) is 12.9. The fraction of sp³-hybridized carbons (Fsp3) is 0.0769. The van der Waals surface area contributed by atoms with E-state index in [9.17, 15) is 13.6 Å². The van der Waals surface area contributed by atoms with Crippen LogP contribution < -0.4 is 11.1 Å². The van der Waals surface area contributed by atoms with E-state index in [0.717, 1.165) is 17.7 Å². The molecule has 3 N–H and O–H groups in total. The molecule has 1 heterocycles. The van der Waals surface area contributed by atoms with Crippen LogP contribution in [-0.4, -0.2) is 10.9 Å². The van der Waals surface area contributed by atoms with Crippen molar-refractivity contribution in [1.29, 1.82) is 0 Å². The number of halogens is 2. The van der Waals surface area contributed by atoms with E-state index < -0.39 is 28.8 Å². The van der Waals surface area contributed by atoms with Crippen LogP contribution in [0, 0.1) is 18.6 Å². The van der Waals surface area contributed by atoms with E-state index in [-0.39, 0.29) is 0 Å². The third-order valence-corrected chi connectivity index (χ3v) is 2.44. The number of carbonyl (C=O) groups excluding carboxylic acids is 1. The quantitative estimate of drug-likeness (QED) is 0.818. The van der Waals surface area contributed by atoms with Crippen molar-refractivity contribution in [2.75, 3.05) is 11.1 Å². The molecule has 6 heteroatoms. The van der Waals surface area contributed by atoms with Crippen LogP contribution in [0.5, 0.6) is 0 Å². The maximum Gasteiger partial charge on any atom is 0.258 e. The summed E-state index contributed by atoms with van der Waals surface area (Å²) < 4.78 is 26.8. The summed E-state index contributed by atoms with van der Waals surface area (Å²) in [5, 5.41) is 2.43. The normalized spacial score (nSPS) is 10.3. The number of aryl methyl sites for hydroxylation is 1. The number of rotatable bonds is 2. The smallest absolute Gasteiger partial charge is 0.258 e. The first-order valence-corrected chi connectivity index (χ1v) is 5.45. The zero-order valence-corrected chi connectivity index (χ0v) is 10.1. The lowest BCUT2D eigenvalue weighted by atomic mass is 10.1. The van der Waals surface area contributed by atoms with Crippen LogP contribution in [0.1, 0.15) is 15.9 Å². The molecule has 2 aromatic rings. The van der Waals surface area contributed by atoms with Gasteiger partial charge in [0.15, 0.2) is 5.82 Å². The number of nitrogen functional groups attached to an aromatic ring is 1. The fourth-order valence-corrected chi connectivity index (χ4v) is 1.60. The lowest BCUT2D eigenvalue weighted by molar-refractivity contribution is 0.102. The van der Waals surface area contributed by atoms with Gasteiger partial charge in [-0.2, -0.15) is 0 Å². The molecule has 0 aliphatic carbocycles. The standard InChI is InChI=1S/C13H11F2N3O/c1-7-2-9(6-17-5-7)18-13(19)10-3-8(14)4-11(16)12(10)15/h2-6H,16H2,1H3,(H,18,19). The summed E-state index contributed by atoms with van der Waals surface area (Å²) in [5.41, 5.74) is 5.64. The Morgan fingerprint density at radius 2 is 2.00 bits per heavy atom. The molecule has 1 aromatic carbocycles. The molecule has 19 heavy (non-hydrogen) atoms. The van der Waals surface area contributed by atoms with Crippen molar-refractivity contribution in [1.82, 2.24) is 4.98 Å². The molecule has 2 rings (SSSR count). The second kappa shape index (κ2) is 5.01. The van der Waals surface area contributed by atoms with Crippen LogP contribution in [0.3, 0.4) is 0 Å². The Morgan fingerprint density at radius 1 is 1.26 bits per heavy atom. The second-order valence-corrected chi connectivity index (χ2v) is 4.06. The van der Waals surface area contributed by atoms with Gasteiger partial charge in [0.05, 0.1) is 23.1 Å². The first-order chi connectivity index (χ1) is 8.97. The van der Waals surface area contributed by atoms with Crippen molar-refractivity contribution >= 4 is 17.3 Å². The Balaban J connectivity index is 2.30. The van der Waals surface area contributed by atoms with Crippen molar-refractivity contribution in [3.63, 3.8) is 0 Å². The monoisotopic (exact) mass is 263 g/mol. The van der Waals surface area contributed by atoms with Gasteiger partial charge >= 0.3 is 0 Å². The summed E-state index contributed by atoms with van der Waals surface area (Å²) in [6.45, 7) is 1.80. The van der Waals surface area contributed by atoms with E-state index >= 15 is 0 Å². The number of carbonyl (C=O) groups is 1. The number of aromatic nitrogens is 1. The zero-order valence-electron chi connectivity index (χ0n) is 10.1. The minimum absolute atomic E-state index is 0.396. The number of benzene rings is 1. The molecule has 0 spiro atoms. The average molecular weight is 263 g/mol. The lowest BCUT2D eigenvalue weighted by Gasteiger charge is -2.08. The number of nitrogens with two attached hydrogens (primary N) is 1. The maximum atomic E-state index is 13.6.